The first-order chi connectivity index (χ1) is 7.50. The van der Waals surface area contributed by atoms with Gasteiger partial charge in [0.1, 0.15) is 5.01 Å². The molecular weight excluding hydrogens is 224 g/mol. The molecule has 2 aromatic rings. The first-order valence-corrected chi connectivity index (χ1v) is 5.61. The van der Waals surface area contributed by atoms with Crippen molar-refractivity contribution in [3.05, 3.63) is 16.3 Å². The maximum absolute atomic E-state index is 11.3. The van der Waals surface area contributed by atoms with Crippen molar-refractivity contribution in [1.82, 2.24) is 15.2 Å². The average molecular weight is 236 g/mol. The van der Waals surface area contributed by atoms with E-state index in [1.165, 1.54) is 18.3 Å². The zero-order chi connectivity index (χ0) is 11.9. The average Bonchev–Trinajstić information content (AvgIpc) is 2.70. The van der Waals surface area contributed by atoms with Gasteiger partial charge in [-0.1, -0.05) is 0 Å². The standard InChI is InChI=1S/C10H12N4OS/c1-4-7(9(11)14-13-4)10-12-5(2)8(16-10)6(3)15/h1-3H3,(H3,11,13,14). The lowest BCUT2D eigenvalue weighted by atomic mass is 10.2. The van der Waals surface area contributed by atoms with Crippen LogP contribution < -0.4 is 5.73 Å². The number of rotatable bonds is 2. The van der Waals surface area contributed by atoms with Crippen LogP contribution in [0.25, 0.3) is 10.6 Å². The van der Waals surface area contributed by atoms with Gasteiger partial charge in [-0.25, -0.2) is 4.98 Å². The highest BCUT2D eigenvalue weighted by Crippen LogP contribution is 2.32. The molecule has 0 radical (unpaired) electrons. The number of anilines is 1. The summed E-state index contributed by atoms with van der Waals surface area (Å²) in [5.74, 6) is 0.447. The van der Waals surface area contributed by atoms with E-state index in [-0.39, 0.29) is 5.78 Å². The van der Waals surface area contributed by atoms with Crippen LogP contribution in [-0.4, -0.2) is 21.0 Å². The number of nitrogens with two attached hydrogens (primary N) is 1. The van der Waals surface area contributed by atoms with Crippen molar-refractivity contribution in [3.63, 3.8) is 0 Å². The molecule has 16 heavy (non-hydrogen) atoms. The van der Waals surface area contributed by atoms with Gasteiger partial charge in [-0.2, -0.15) is 5.10 Å². The fraction of sp³-hybridized carbons (Fsp3) is 0.300. The lowest BCUT2D eigenvalue weighted by Crippen LogP contribution is -1.89. The van der Waals surface area contributed by atoms with Crippen molar-refractivity contribution in [1.29, 1.82) is 0 Å². The number of hydrogen-bond donors (Lipinski definition) is 2. The molecule has 0 aliphatic carbocycles. The van der Waals surface area contributed by atoms with Gasteiger partial charge in [0.05, 0.1) is 16.1 Å². The summed E-state index contributed by atoms with van der Waals surface area (Å²) in [6.07, 6.45) is 0. The van der Waals surface area contributed by atoms with Crippen molar-refractivity contribution in [2.75, 3.05) is 5.73 Å². The second-order valence-electron chi connectivity index (χ2n) is 3.60. The molecule has 0 atom stereocenters. The van der Waals surface area contributed by atoms with Crippen LogP contribution in [0.1, 0.15) is 28.0 Å². The molecular formula is C10H12N4OS. The number of Topliss-reactive ketones (excluding diaryl/α,β-unsaturated/α-hetero) is 1. The van der Waals surface area contributed by atoms with Gasteiger partial charge in [0.25, 0.3) is 0 Å². The van der Waals surface area contributed by atoms with Gasteiger partial charge < -0.3 is 5.73 Å². The Labute approximate surface area is 96.7 Å². The van der Waals surface area contributed by atoms with E-state index in [0.717, 1.165) is 22.0 Å². The summed E-state index contributed by atoms with van der Waals surface area (Å²) in [6.45, 7) is 5.24. The van der Waals surface area contributed by atoms with Gasteiger partial charge in [-0.15, -0.1) is 11.3 Å². The fourth-order valence-corrected chi connectivity index (χ4v) is 2.62. The monoisotopic (exact) mass is 236 g/mol. The molecule has 5 nitrogen and oxygen atoms in total. The summed E-state index contributed by atoms with van der Waals surface area (Å²) in [7, 11) is 0. The highest BCUT2D eigenvalue weighted by atomic mass is 32.1. The van der Waals surface area contributed by atoms with Crippen LogP contribution in [0.15, 0.2) is 0 Å². The molecule has 2 rings (SSSR count). The summed E-state index contributed by atoms with van der Waals surface area (Å²) in [6, 6.07) is 0. The van der Waals surface area contributed by atoms with E-state index in [4.69, 9.17) is 5.73 Å². The number of hydrogen-bond acceptors (Lipinski definition) is 5. The SMILES string of the molecule is CC(=O)c1sc(-c2c(N)n[nH]c2C)nc1C. The summed E-state index contributed by atoms with van der Waals surface area (Å²) in [5.41, 5.74) is 8.15. The van der Waals surface area contributed by atoms with Gasteiger partial charge in [-0.3, -0.25) is 9.89 Å². The molecule has 6 heteroatoms. The highest BCUT2D eigenvalue weighted by Gasteiger charge is 2.17. The van der Waals surface area contributed by atoms with Crippen LogP contribution >= 0.6 is 11.3 Å². The Bertz CT molecular complexity index is 536. The van der Waals surface area contributed by atoms with Gasteiger partial charge in [0, 0.05) is 12.6 Å². The van der Waals surface area contributed by atoms with Crippen LogP contribution in [0.5, 0.6) is 0 Å². The van der Waals surface area contributed by atoms with Gasteiger partial charge in [0.2, 0.25) is 0 Å². The third-order valence-electron chi connectivity index (χ3n) is 2.31. The molecule has 0 aliphatic heterocycles. The Morgan fingerprint density at radius 1 is 1.44 bits per heavy atom. The molecule has 0 bridgehead atoms. The van der Waals surface area contributed by atoms with E-state index < -0.39 is 0 Å². The van der Waals surface area contributed by atoms with Crippen LogP contribution in [0.2, 0.25) is 0 Å². The zero-order valence-electron chi connectivity index (χ0n) is 9.29. The number of carbonyl (C=O) groups is 1. The first-order valence-electron chi connectivity index (χ1n) is 4.80. The molecule has 2 heterocycles. The topological polar surface area (TPSA) is 84.7 Å². The van der Waals surface area contributed by atoms with Crippen molar-refractivity contribution in [2.24, 2.45) is 0 Å². The van der Waals surface area contributed by atoms with Crippen molar-refractivity contribution in [3.8, 4) is 10.6 Å². The predicted molar refractivity (Wildman–Crippen MR) is 63.6 cm³/mol. The number of H-pyrrole nitrogens is 1. The largest absolute Gasteiger partial charge is 0.382 e. The fourth-order valence-electron chi connectivity index (χ4n) is 1.55. The normalized spacial score (nSPS) is 10.7. The number of thiazole rings is 1. The minimum atomic E-state index is 0.0287. The molecule has 0 unspecified atom stereocenters. The lowest BCUT2D eigenvalue weighted by Gasteiger charge is -1.93. The molecule has 2 aromatic heterocycles. The van der Waals surface area contributed by atoms with E-state index in [9.17, 15) is 4.79 Å². The molecule has 0 fully saturated rings. The third kappa shape index (κ3) is 1.61. The van der Waals surface area contributed by atoms with Crippen molar-refractivity contribution >= 4 is 22.9 Å². The van der Waals surface area contributed by atoms with E-state index >= 15 is 0 Å². The number of nitrogens with zero attached hydrogens (tertiary/aromatic N) is 2. The summed E-state index contributed by atoms with van der Waals surface area (Å²) < 4.78 is 0. The van der Waals surface area contributed by atoms with Gasteiger partial charge >= 0.3 is 0 Å². The molecule has 0 aromatic carbocycles. The van der Waals surface area contributed by atoms with Crippen molar-refractivity contribution < 1.29 is 4.79 Å². The first kappa shape index (κ1) is 10.8. The molecule has 0 spiro atoms. The Morgan fingerprint density at radius 3 is 2.56 bits per heavy atom. The highest BCUT2D eigenvalue weighted by molar-refractivity contribution is 7.17. The van der Waals surface area contributed by atoms with E-state index in [1.807, 2.05) is 13.8 Å². The molecule has 3 N–H and O–H groups in total. The maximum Gasteiger partial charge on any atom is 0.171 e. The number of nitrogens with one attached hydrogen (secondary N) is 1. The van der Waals surface area contributed by atoms with E-state index in [0.29, 0.717) is 10.7 Å². The Hall–Kier alpha value is -1.69. The molecule has 0 saturated heterocycles. The van der Waals surface area contributed by atoms with Crippen LogP contribution in [-0.2, 0) is 0 Å². The quantitative estimate of drug-likeness (QED) is 0.780. The van der Waals surface area contributed by atoms with Crippen LogP contribution in [0.4, 0.5) is 5.82 Å². The Kier molecular flexibility index (Phi) is 2.51. The predicted octanol–water partition coefficient (Wildman–Crippen LogP) is 1.93. The third-order valence-corrected chi connectivity index (χ3v) is 3.58. The van der Waals surface area contributed by atoms with Gasteiger partial charge in [0.15, 0.2) is 11.6 Å². The smallest absolute Gasteiger partial charge is 0.171 e. The molecule has 0 amide bonds. The summed E-state index contributed by atoms with van der Waals surface area (Å²) in [5, 5.41) is 7.45. The number of nitrogen functional groups attached to an aromatic ring is 1. The van der Waals surface area contributed by atoms with Crippen LogP contribution in [0.3, 0.4) is 0 Å². The number of ketones is 1. The van der Waals surface area contributed by atoms with Crippen molar-refractivity contribution in [2.45, 2.75) is 20.8 Å². The van der Waals surface area contributed by atoms with Gasteiger partial charge in [-0.05, 0) is 13.8 Å². The second kappa shape index (κ2) is 3.71. The maximum atomic E-state index is 11.3. The molecule has 0 saturated carbocycles. The lowest BCUT2D eigenvalue weighted by molar-refractivity contribution is 0.102. The minimum absolute atomic E-state index is 0.0287. The zero-order valence-corrected chi connectivity index (χ0v) is 10.1. The molecule has 84 valence electrons. The summed E-state index contributed by atoms with van der Waals surface area (Å²) in [4.78, 5) is 16.4. The summed E-state index contributed by atoms with van der Waals surface area (Å²) >= 11 is 1.35. The van der Waals surface area contributed by atoms with E-state index in [2.05, 4.69) is 15.2 Å². The Morgan fingerprint density at radius 2 is 2.12 bits per heavy atom. The number of aryl methyl sites for hydroxylation is 2. The number of carbonyl (C=O) groups excluding carboxylic acids is 1. The minimum Gasteiger partial charge on any atom is -0.382 e. The number of aromatic nitrogens is 3. The van der Waals surface area contributed by atoms with Crippen LogP contribution in [0, 0.1) is 13.8 Å². The number of aromatic amines is 1. The second-order valence-corrected chi connectivity index (χ2v) is 4.60. The van der Waals surface area contributed by atoms with E-state index in [1.54, 1.807) is 0 Å². The Balaban J connectivity index is 2.58. The molecule has 0 aliphatic rings.